The monoisotopic (exact) mass is 465 g/mol. The largest absolute Gasteiger partial charge is 0.497 e. The molecular formula is C25H24ClN3O4. The summed E-state index contributed by atoms with van der Waals surface area (Å²) >= 11 is 6.12. The van der Waals surface area contributed by atoms with Gasteiger partial charge in [0.2, 0.25) is 0 Å². The molecule has 0 saturated heterocycles. The van der Waals surface area contributed by atoms with E-state index in [9.17, 15) is 4.79 Å². The third kappa shape index (κ3) is 4.32. The molecule has 0 spiro atoms. The molecule has 8 heteroatoms. The van der Waals surface area contributed by atoms with Gasteiger partial charge in [-0.25, -0.2) is 5.01 Å². The summed E-state index contributed by atoms with van der Waals surface area (Å²) < 4.78 is 16.4. The minimum absolute atomic E-state index is 0.167. The summed E-state index contributed by atoms with van der Waals surface area (Å²) in [5.41, 5.74) is 2.40. The number of anilines is 2. The van der Waals surface area contributed by atoms with Crippen LogP contribution in [0.2, 0.25) is 5.02 Å². The zero-order chi connectivity index (χ0) is 23.5. The Balaban J connectivity index is 1.92. The fourth-order valence-corrected chi connectivity index (χ4v) is 3.92. The van der Waals surface area contributed by atoms with Gasteiger partial charge in [0.1, 0.15) is 5.75 Å². The first-order valence-corrected chi connectivity index (χ1v) is 10.6. The van der Waals surface area contributed by atoms with Crippen molar-refractivity contribution in [3.63, 3.8) is 0 Å². The number of hydrogen-bond donors (Lipinski definition) is 0. The summed E-state index contributed by atoms with van der Waals surface area (Å²) in [4.78, 5) is 14.6. The number of benzene rings is 3. The Hall–Kier alpha value is -3.71. The molecule has 1 atom stereocenters. The molecule has 0 radical (unpaired) electrons. The molecule has 0 aliphatic carbocycles. The number of halogens is 1. The van der Waals surface area contributed by atoms with Crippen molar-refractivity contribution in [2.75, 3.05) is 31.2 Å². The van der Waals surface area contributed by atoms with E-state index in [1.165, 1.54) is 6.92 Å². The van der Waals surface area contributed by atoms with Crippen LogP contribution in [0.25, 0.3) is 0 Å². The van der Waals surface area contributed by atoms with Gasteiger partial charge in [0.05, 0.1) is 27.0 Å². The normalized spacial score (nSPS) is 15.3. The molecule has 170 valence electrons. The van der Waals surface area contributed by atoms with E-state index in [-0.39, 0.29) is 5.78 Å². The van der Waals surface area contributed by atoms with Crippen LogP contribution < -0.4 is 24.1 Å². The number of carbonyl (C=O) groups is 1. The van der Waals surface area contributed by atoms with Gasteiger partial charge in [-0.05, 0) is 48.5 Å². The number of rotatable bonds is 7. The fourth-order valence-electron chi connectivity index (χ4n) is 3.79. The van der Waals surface area contributed by atoms with E-state index in [4.69, 9.17) is 30.9 Å². The Morgan fingerprint density at radius 1 is 0.879 bits per heavy atom. The molecule has 0 fully saturated rings. The molecule has 33 heavy (non-hydrogen) atoms. The molecule has 0 bridgehead atoms. The number of hydrazone groups is 1. The highest BCUT2D eigenvalue weighted by Crippen LogP contribution is 2.42. The average molecular weight is 466 g/mol. The van der Waals surface area contributed by atoms with Crippen molar-refractivity contribution < 1.29 is 19.0 Å². The number of ketones is 1. The lowest BCUT2D eigenvalue weighted by Crippen LogP contribution is -2.37. The molecule has 3 aromatic rings. The third-order valence-electron chi connectivity index (χ3n) is 5.35. The Morgan fingerprint density at radius 2 is 1.61 bits per heavy atom. The zero-order valence-electron chi connectivity index (χ0n) is 18.8. The second kappa shape index (κ2) is 9.42. The van der Waals surface area contributed by atoms with Crippen LogP contribution in [0.5, 0.6) is 17.2 Å². The van der Waals surface area contributed by atoms with Crippen molar-refractivity contribution in [3.8, 4) is 17.2 Å². The number of methoxy groups -OCH3 is 3. The van der Waals surface area contributed by atoms with Crippen LogP contribution in [0.4, 0.5) is 11.4 Å². The fraction of sp³-hybridized carbons (Fsp3) is 0.200. The topological polar surface area (TPSA) is 63.6 Å². The van der Waals surface area contributed by atoms with Gasteiger partial charge in [-0.2, -0.15) is 0 Å². The van der Waals surface area contributed by atoms with E-state index in [0.717, 1.165) is 16.9 Å². The Labute approximate surface area is 197 Å². The van der Waals surface area contributed by atoms with Crippen molar-refractivity contribution >= 4 is 34.6 Å². The van der Waals surface area contributed by atoms with Gasteiger partial charge in [-0.1, -0.05) is 23.7 Å². The highest BCUT2D eigenvalue weighted by molar-refractivity contribution is 6.44. The standard InChI is InChI=1S/C25H24ClN3O4/c1-16(30)24-27-29(19-11-9-18(26)10-12-19)25(17-8-13-22(32-3)23(14-17)33-4)28(24)20-6-5-7-21(15-20)31-2/h5-15,25H,1-4H3/t25-/m1/s1. The highest BCUT2D eigenvalue weighted by Gasteiger charge is 2.39. The van der Waals surface area contributed by atoms with Crippen molar-refractivity contribution in [3.05, 3.63) is 77.3 Å². The number of carbonyl (C=O) groups excluding carboxylic acids is 1. The molecule has 3 aromatic carbocycles. The molecule has 1 heterocycles. The average Bonchev–Trinajstić information content (AvgIpc) is 3.25. The number of hydrogen-bond acceptors (Lipinski definition) is 7. The maximum atomic E-state index is 12.7. The van der Waals surface area contributed by atoms with Crippen molar-refractivity contribution in [2.45, 2.75) is 13.1 Å². The second-order valence-corrected chi connectivity index (χ2v) is 7.80. The number of nitrogens with zero attached hydrogens (tertiary/aromatic N) is 3. The SMILES string of the molecule is COc1cccc(N2C(C(C)=O)=NN(c3ccc(Cl)cc3)[C@@H]2c2ccc(OC)c(OC)c2)c1. The first-order chi connectivity index (χ1) is 16.0. The van der Waals surface area contributed by atoms with Crippen LogP contribution in [0.15, 0.2) is 71.8 Å². The van der Waals surface area contributed by atoms with Crippen LogP contribution >= 0.6 is 11.6 Å². The van der Waals surface area contributed by atoms with E-state index in [0.29, 0.717) is 28.1 Å². The van der Waals surface area contributed by atoms with E-state index in [1.54, 1.807) is 38.5 Å². The van der Waals surface area contributed by atoms with E-state index >= 15 is 0 Å². The smallest absolute Gasteiger partial charge is 0.198 e. The molecule has 0 aromatic heterocycles. The first-order valence-electron chi connectivity index (χ1n) is 10.3. The number of ether oxygens (including phenoxy) is 3. The van der Waals surface area contributed by atoms with Crippen LogP contribution in [0.1, 0.15) is 18.7 Å². The number of Topliss-reactive ketones (excluding diaryl/α,β-unsaturated/α-hetero) is 1. The van der Waals surface area contributed by atoms with E-state index in [1.807, 2.05) is 59.5 Å². The summed E-state index contributed by atoms with van der Waals surface area (Å²) in [6, 6.07) is 20.5. The summed E-state index contributed by atoms with van der Waals surface area (Å²) in [5.74, 6) is 2.00. The summed E-state index contributed by atoms with van der Waals surface area (Å²) in [6.45, 7) is 1.50. The van der Waals surface area contributed by atoms with Crippen LogP contribution in [-0.4, -0.2) is 32.9 Å². The van der Waals surface area contributed by atoms with Gasteiger partial charge in [-0.3, -0.25) is 9.69 Å². The Kier molecular flexibility index (Phi) is 6.42. The second-order valence-electron chi connectivity index (χ2n) is 7.36. The number of amidine groups is 1. The quantitative estimate of drug-likeness (QED) is 0.472. The summed E-state index contributed by atoms with van der Waals surface area (Å²) in [5, 5.41) is 7.14. The maximum absolute atomic E-state index is 12.7. The van der Waals surface area contributed by atoms with Crippen LogP contribution in [-0.2, 0) is 4.79 Å². The molecule has 1 aliphatic rings. The van der Waals surface area contributed by atoms with Crippen LogP contribution in [0.3, 0.4) is 0 Å². The summed E-state index contributed by atoms with van der Waals surface area (Å²) in [6.07, 6.45) is -0.475. The molecule has 0 N–H and O–H groups in total. The zero-order valence-corrected chi connectivity index (χ0v) is 19.5. The van der Waals surface area contributed by atoms with E-state index < -0.39 is 6.17 Å². The van der Waals surface area contributed by atoms with Gasteiger partial charge < -0.3 is 14.2 Å². The molecule has 0 saturated carbocycles. The Morgan fingerprint density at radius 3 is 2.24 bits per heavy atom. The van der Waals surface area contributed by atoms with Gasteiger partial charge >= 0.3 is 0 Å². The lowest BCUT2D eigenvalue weighted by molar-refractivity contribution is -0.111. The predicted octanol–water partition coefficient (Wildman–Crippen LogP) is 5.29. The molecule has 0 unspecified atom stereocenters. The van der Waals surface area contributed by atoms with Crippen molar-refractivity contribution in [2.24, 2.45) is 5.10 Å². The maximum Gasteiger partial charge on any atom is 0.198 e. The van der Waals surface area contributed by atoms with Crippen molar-refractivity contribution in [1.82, 2.24) is 0 Å². The van der Waals surface area contributed by atoms with Gasteiger partial charge in [0, 0.05) is 29.3 Å². The van der Waals surface area contributed by atoms with Crippen LogP contribution in [0, 0.1) is 0 Å². The predicted molar refractivity (Wildman–Crippen MR) is 130 cm³/mol. The van der Waals surface area contributed by atoms with E-state index in [2.05, 4.69) is 0 Å². The first kappa shape index (κ1) is 22.5. The minimum Gasteiger partial charge on any atom is -0.497 e. The van der Waals surface area contributed by atoms with Gasteiger partial charge in [0.25, 0.3) is 0 Å². The highest BCUT2D eigenvalue weighted by atomic mass is 35.5. The molecule has 1 aliphatic heterocycles. The molecule has 4 rings (SSSR count). The Bertz CT molecular complexity index is 1200. The van der Waals surface area contributed by atoms with Crippen molar-refractivity contribution in [1.29, 1.82) is 0 Å². The molecule has 7 nitrogen and oxygen atoms in total. The molecular weight excluding hydrogens is 442 g/mol. The molecule has 0 amide bonds. The lowest BCUT2D eigenvalue weighted by Gasteiger charge is -2.32. The lowest BCUT2D eigenvalue weighted by atomic mass is 10.1. The van der Waals surface area contributed by atoms with Gasteiger partial charge in [0.15, 0.2) is 29.3 Å². The van der Waals surface area contributed by atoms with Gasteiger partial charge in [-0.15, -0.1) is 5.10 Å². The minimum atomic E-state index is -0.475. The third-order valence-corrected chi connectivity index (χ3v) is 5.60. The summed E-state index contributed by atoms with van der Waals surface area (Å²) in [7, 11) is 4.78.